The lowest BCUT2D eigenvalue weighted by Crippen LogP contribution is -2.30. The van der Waals surface area contributed by atoms with Gasteiger partial charge in [-0.2, -0.15) is 0 Å². The van der Waals surface area contributed by atoms with Crippen LogP contribution in [0.5, 0.6) is 11.5 Å². The third kappa shape index (κ3) is 6.02. The Morgan fingerprint density at radius 3 is 2.41 bits per heavy atom. The lowest BCUT2D eigenvalue weighted by atomic mass is 10.2. The van der Waals surface area contributed by atoms with Crippen molar-refractivity contribution >= 4 is 34.8 Å². The maximum atomic E-state index is 12.6. The molecule has 3 aromatic carbocycles. The monoisotopic (exact) mass is 452 g/mol. The molecule has 6 nitrogen and oxygen atoms in total. The predicted molar refractivity (Wildman–Crippen MR) is 127 cm³/mol. The molecule has 0 aliphatic heterocycles. The number of aryl methyl sites for hydroxylation is 1. The van der Waals surface area contributed by atoms with E-state index in [1.807, 2.05) is 32.0 Å². The van der Waals surface area contributed by atoms with Gasteiger partial charge in [0, 0.05) is 16.3 Å². The molecule has 0 saturated heterocycles. The minimum atomic E-state index is -0.744. The molecule has 0 saturated carbocycles. The van der Waals surface area contributed by atoms with Gasteiger partial charge in [-0.3, -0.25) is 9.59 Å². The number of hydrogen-bond donors (Lipinski definition) is 2. The molecule has 1 atom stereocenters. The van der Waals surface area contributed by atoms with Crippen LogP contribution in [0.3, 0.4) is 0 Å². The third-order valence-corrected chi connectivity index (χ3v) is 4.93. The molecule has 7 heteroatoms. The van der Waals surface area contributed by atoms with Crippen molar-refractivity contribution < 1.29 is 19.1 Å². The quantitative estimate of drug-likeness (QED) is 0.459. The Kier molecular flexibility index (Phi) is 7.73. The lowest BCUT2D eigenvalue weighted by Gasteiger charge is -2.16. The molecular weight excluding hydrogens is 428 g/mol. The third-order valence-electron chi connectivity index (χ3n) is 4.69. The first kappa shape index (κ1) is 23.2. The van der Waals surface area contributed by atoms with E-state index in [4.69, 9.17) is 21.1 Å². The molecule has 0 spiro atoms. The summed E-state index contributed by atoms with van der Waals surface area (Å²) in [5.74, 6) is 0.510. The summed E-state index contributed by atoms with van der Waals surface area (Å²) in [6.45, 7) is 5.92. The molecular formula is C25H25ClN2O4. The van der Waals surface area contributed by atoms with Gasteiger partial charge in [0.1, 0.15) is 11.5 Å². The summed E-state index contributed by atoms with van der Waals surface area (Å²) in [5.41, 5.74) is 2.59. The molecule has 1 unspecified atom stereocenters. The number of ether oxygens (including phenoxy) is 2. The Balaban J connectivity index is 1.61. The molecule has 0 aromatic heterocycles. The number of hydrogen-bond acceptors (Lipinski definition) is 4. The van der Waals surface area contributed by atoms with Gasteiger partial charge in [0.15, 0.2) is 6.10 Å². The Morgan fingerprint density at radius 2 is 1.69 bits per heavy atom. The van der Waals surface area contributed by atoms with Crippen LogP contribution in [0.4, 0.5) is 11.4 Å². The summed E-state index contributed by atoms with van der Waals surface area (Å²) in [7, 11) is 0. The van der Waals surface area contributed by atoms with E-state index in [9.17, 15) is 9.59 Å². The average Bonchev–Trinajstić information content (AvgIpc) is 2.78. The summed E-state index contributed by atoms with van der Waals surface area (Å²) < 4.78 is 11.3. The van der Waals surface area contributed by atoms with E-state index in [1.54, 1.807) is 55.5 Å². The Labute approximate surface area is 192 Å². The van der Waals surface area contributed by atoms with E-state index in [0.717, 1.165) is 5.56 Å². The van der Waals surface area contributed by atoms with Gasteiger partial charge in [-0.05, 0) is 74.9 Å². The summed E-state index contributed by atoms with van der Waals surface area (Å²) in [4.78, 5) is 25.1. The van der Waals surface area contributed by atoms with E-state index >= 15 is 0 Å². The van der Waals surface area contributed by atoms with Crippen molar-refractivity contribution in [3.8, 4) is 11.5 Å². The smallest absolute Gasteiger partial charge is 0.265 e. The predicted octanol–water partition coefficient (Wildman–Crippen LogP) is 5.71. The summed E-state index contributed by atoms with van der Waals surface area (Å²) in [6.07, 6.45) is -0.744. The molecule has 3 aromatic rings. The molecule has 3 rings (SSSR count). The highest BCUT2D eigenvalue weighted by molar-refractivity contribution is 6.31. The highest BCUT2D eigenvalue weighted by atomic mass is 35.5. The Hall–Kier alpha value is -3.51. The first-order chi connectivity index (χ1) is 15.4. The van der Waals surface area contributed by atoms with Crippen molar-refractivity contribution in [2.45, 2.75) is 26.9 Å². The number of anilines is 2. The minimum Gasteiger partial charge on any atom is -0.492 e. The zero-order valence-electron chi connectivity index (χ0n) is 18.1. The van der Waals surface area contributed by atoms with Crippen LogP contribution in [-0.2, 0) is 4.79 Å². The maximum absolute atomic E-state index is 12.6. The molecule has 0 fully saturated rings. The van der Waals surface area contributed by atoms with E-state index in [2.05, 4.69) is 10.6 Å². The fourth-order valence-electron chi connectivity index (χ4n) is 2.95. The SMILES string of the molecule is CCOc1ccccc1NC(=O)c1ccc(OC(C)C(=O)Nc2cc(Cl)ccc2C)cc1. The summed E-state index contributed by atoms with van der Waals surface area (Å²) in [5, 5.41) is 6.21. The van der Waals surface area contributed by atoms with E-state index in [-0.39, 0.29) is 11.8 Å². The first-order valence-corrected chi connectivity index (χ1v) is 10.6. The van der Waals surface area contributed by atoms with E-state index in [1.165, 1.54) is 0 Å². The Bertz CT molecular complexity index is 1100. The number of carbonyl (C=O) groups excluding carboxylic acids is 2. The second kappa shape index (κ2) is 10.7. The maximum Gasteiger partial charge on any atom is 0.265 e. The number of nitrogens with one attached hydrogen (secondary N) is 2. The van der Waals surface area contributed by atoms with Crippen LogP contribution in [0.1, 0.15) is 29.8 Å². The van der Waals surface area contributed by atoms with Gasteiger partial charge in [-0.1, -0.05) is 29.8 Å². The zero-order valence-corrected chi connectivity index (χ0v) is 18.9. The number of halogens is 1. The molecule has 0 bridgehead atoms. The molecule has 0 radical (unpaired) electrons. The molecule has 166 valence electrons. The van der Waals surface area contributed by atoms with Crippen LogP contribution in [0, 0.1) is 6.92 Å². The van der Waals surface area contributed by atoms with Gasteiger partial charge in [0.05, 0.1) is 12.3 Å². The number of amides is 2. The van der Waals surface area contributed by atoms with E-state index < -0.39 is 6.10 Å². The van der Waals surface area contributed by atoms with E-state index in [0.29, 0.717) is 40.1 Å². The fraction of sp³-hybridized carbons (Fsp3) is 0.200. The van der Waals surface area contributed by atoms with Crippen molar-refractivity contribution in [1.82, 2.24) is 0 Å². The van der Waals surface area contributed by atoms with Crippen molar-refractivity contribution in [1.29, 1.82) is 0 Å². The van der Waals surface area contributed by atoms with Gasteiger partial charge in [-0.15, -0.1) is 0 Å². The fourth-order valence-corrected chi connectivity index (χ4v) is 3.12. The van der Waals surface area contributed by atoms with Crippen LogP contribution in [-0.4, -0.2) is 24.5 Å². The van der Waals surface area contributed by atoms with Crippen LogP contribution < -0.4 is 20.1 Å². The zero-order chi connectivity index (χ0) is 23.1. The first-order valence-electron chi connectivity index (χ1n) is 10.2. The molecule has 2 amide bonds. The van der Waals surface area contributed by atoms with Crippen LogP contribution in [0.15, 0.2) is 66.7 Å². The van der Waals surface area contributed by atoms with Gasteiger partial charge in [-0.25, -0.2) is 0 Å². The molecule has 32 heavy (non-hydrogen) atoms. The van der Waals surface area contributed by atoms with Crippen molar-refractivity contribution in [2.24, 2.45) is 0 Å². The van der Waals surface area contributed by atoms with Crippen LogP contribution >= 0.6 is 11.6 Å². The van der Waals surface area contributed by atoms with Crippen LogP contribution in [0.2, 0.25) is 5.02 Å². The summed E-state index contributed by atoms with van der Waals surface area (Å²) in [6, 6.07) is 19.1. The van der Waals surface area contributed by atoms with Crippen molar-refractivity contribution in [3.05, 3.63) is 82.9 Å². The molecule has 0 aliphatic carbocycles. The second-order valence-electron chi connectivity index (χ2n) is 7.12. The molecule has 2 N–H and O–H groups in total. The van der Waals surface area contributed by atoms with Gasteiger partial charge in [0.2, 0.25) is 0 Å². The number of carbonyl (C=O) groups is 2. The Morgan fingerprint density at radius 1 is 0.969 bits per heavy atom. The minimum absolute atomic E-state index is 0.272. The normalized spacial score (nSPS) is 11.4. The van der Waals surface area contributed by atoms with Crippen LogP contribution in [0.25, 0.3) is 0 Å². The average molecular weight is 453 g/mol. The molecule has 0 aliphatic rings. The lowest BCUT2D eigenvalue weighted by molar-refractivity contribution is -0.122. The second-order valence-corrected chi connectivity index (χ2v) is 7.55. The number of benzene rings is 3. The highest BCUT2D eigenvalue weighted by Crippen LogP contribution is 2.25. The van der Waals surface area contributed by atoms with Crippen molar-refractivity contribution in [2.75, 3.05) is 17.2 Å². The summed E-state index contributed by atoms with van der Waals surface area (Å²) >= 11 is 6.00. The highest BCUT2D eigenvalue weighted by Gasteiger charge is 2.17. The largest absolute Gasteiger partial charge is 0.492 e. The van der Waals surface area contributed by atoms with Gasteiger partial charge < -0.3 is 20.1 Å². The number of rotatable bonds is 8. The van der Waals surface area contributed by atoms with Gasteiger partial charge in [0.25, 0.3) is 11.8 Å². The molecule has 0 heterocycles. The topological polar surface area (TPSA) is 76.7 Å². The standard InChI is InChI=1S/C25H25ClN2O4/c1-4-31-23-8-6-5-7-21(23)27-25(30)18-10-13-20(14-11-18)32-17(3)24(29)28-22-15-19(26)12-9-16(22)2/h5-15,17H,4H2,1-3H3,(H,27,30)(H,28,29). The number of para-hydroxylation sites is 2. The van der Waals surface area contributed by atoms with Gasteiger partial charge >= 0.3 is 0 Å². The van der Waals surface area contributed by atoms with Crippen molar-refractivity contribution in [3.63, 3.8) is 0 Å².